The smallest absolute Gasteiger partial charge is 0.459 e. The molecule has 18 heavy (non-hydrogen) atoms. The van der Waals surface area contributed by atoms with Crippen molar-refractivity contribution in [3.05, 3.63) is 12.7 Å². The van der Waals surface area contributed by atoms with Crippen LogP contribution in [0.4, 0.5) is 4.79 Å². The Kier molecular flexibility index (Phi) is 7.73. The molecule has 0 radical (unpaired) electrons. The summed E-state index contributed by atoms with van der Waals surface area (Å²) in [7, 11) is 0. The van der Waals surface area contributed by atoms with Crippen molar-refractivity contribution in [1.29, 1.82) is 0 Å². The summed E-state index contributed by atoms with van der Waals surface area (Å²) in [5, 5.41) is 0. The van der Waals surface area contributed by atoms with Crippen LogP contribution in [0.15, 0.2) is 12.7 Å². The third-order valence-electron chi connectivity index (χ3n) is 1.25. The van der Waals surface area contributed by atoms with Gasteiger partial charge in [0.2, 0.25) is 6.79 Å². The first-order chi connectivity index (χ1) is 8.35. The maximum atomic E-state index is 10.9. The van der Waals surface area contributed by atoms with Crippen LogP contribution < -0.4 is 0 Å². The van der Waals surface area contributed by atoms with Crippen LogP contribution in [0, 0.1) is 0 Å². The molecular formula is C11H18O7. The Hall–Kier alpha value is -1.60. The number of rotatable bonds is 7. The lowest BCUT2D eigenvalue weighted by atomic mass is 10.2. The van der Waals surface area contributed by atoms with Gasteiger partial charge in [-0.15, -0.1) is 0 Å². The summed E-state index contributed by atoms with van der Waals surface area (Å²) in [6.07, 6.45) is 0.0675. The molecule has 0 bridgehead atoms. The molecule has 0 amide bonds. The van der Waals surface area contributed by atoms with Crippen molar-refractivity contribution in [3.63, 3.8) is 0 Å². The normalized spacial score (nSPS) is 10.6. The third-order valence-corrected chi connectivity index (χ3v) is 1.25. The minimum Gasteiger partial charge on any atom is -0.459 e. The minimum atomic E-state index is -0.942. The molecule has 0 heterocycles. The second-order valence-corrected chi connectivity index (χ2v) is 4.05. The van der Waals surface area contributed by atoms with E-state index < -0.39 is 17.7 Å². The standard InChI is InChI=1S/C11H18O7/c1-5-9(12)14-6-7-15-10(13)16-8-17-18-11(2,3)4/h5H,1,6-8H2,2-4H3. The molecule has 0 aromatic carbocycles. The Bertz CT molecular complexity index is 280. The van der Waals surface area contributed by atoms with E-state index in [0.29, 0.717) is 0 Å². The van der Waals surface area contributed by atoms with Crippen LogP contribution in [-0.4, -0.2) is 37.7 Å². The Morgan fingerprint density at radius 3 is 2.28 bits per heavy atom. The monoisotopic (exact) mass is 262 g/mol. The zero-order valence-corrected chi connectivity index (χ0v) is 10.8. The van der Waals surface area contributed by atoms with E-state index in [4.69, 9.17) is 4.89 Å². The number of carbonyl (C=O) groups excluding carboxylic acids is 2. The molecule has 0 unspecified atom stereocenters. The molecule has 0 rings (SSSR count). The van der Waals surface area contributed by atoms with Gasteiger partial charge in [0, 0.05) is 6.08 Å². The Labute approximate surface area is 106 Å². The number of hydrogen-bond donors (Lipinski definition) is 0. The first-order valence-corrected chi connectivity index (χ1v) is 5.24. The van der Waals surface area contributed by atoms with E-state index in [1.54, 1.807) is 20.8 Å². The molecule has 7 heteroatoms. The van der Waals surface area contributed by atoms with Crippen molar-refractivity contribution in [1.82, 2.24) is 0 Å². The van der Waals surface area contributed by atoms with Gasteiger partial charge in [-0.1, -0.05) is 6.58 Å². The van der Waals surface area contributed by atoms with E-state index in [0.717, 1.165) is 6.08 Å². The molecule has 0 aliphatic rings. The number of carbonyl (C=O) groups is 2. The lowest BCUT2D eigenvalue weighted by Crippen LogP contribution is -2.21. The van der Waals surface area contributed by atoms with Gasteiger partial charge in [-0.05, 0) is 20.8 Å². The molecule has 0 aliphatic heterocycles. The third kappa shape index (κ3) is 10.9. The van der Waals surface area contributed by atoms with Gasteiger partial charge in [0.1, 0.15) is 13.2 Å². The first kappa shape index (κ1) is 16.4. The molecule has 0 spiro atoms. The van der Waals surface area contributed by atoms with Gasteiger partial charge in [-0.2, -0.15) is 4.89 Å². The molecule has 104 valence electrons. The average Bonchev–Trinajstić information content (AvgIpc) is 2.28. The van der Waals surface area contributed by atoms with E-state index in [1.807, 2.05) is 0 Å². The van der Waals surface area contributed by atoms with Gasteiger partial charge >= 0.3 is 12.1 Å². The van der Waals surface area contributed by atoms with Gasteiger partial charge in [0.05, 0.1) is 5.60 Å². The summed E-state index contributed by atoms with van der Waals surface area (Å²) >= 11 is 0. The van der Waals surface area contributed by atoms with E-state index in [9.17, 15) is 9.59 Å². The molecule has 0 saturated carbocycles. The maximum absolute atomic E-state index is 10.9. The van der Waals surface area contributed by atoms with Gasteiger partial charge < -0.3 is 14.2 Å². The number of esters is 1. The molecular weight excluding hydrogens is 244 g/mol. The largest absolute Gasteiger partial charge is 0.510 e. The Balaban J connectivity index is 3.44. The van der Waals surface area contributed by atoms with E-state index in [2.05, 4.69) is 25.7 Å². The van der Waals surface area contributed by atoms with Crippen molar-refractivity contribution in [2.45, 2.75) is 26.4 Å². The van der Waals surface area contributed by atoms with Gasteiger partial charge in [0.15, 0.2) is 0 Å². The fraction of sp³-hybridized carbons (Fsp3) is 0.636. The second kappa shape index (κ2) is 8.48. The van der Waals surface area contributed by atoms with Gasteiger partial charge in [0.25, 0.3) is 0 Å². The van der Waals surface area contributed by atoms with Crippen molar-refractivity contribution in [3.8, 4) is 0 Å². The predicted octanol–water partition coefficient (Wildman–Crippen LogP) is 1.57. The SMILES string of the molecule is C=CC(=O)OCCOC(=O)OCOOC(C)(C)C. The van der Waals surface area contributed by atoms with Crippen molar-refractivity contribution < 1.29 is 33.6 Å². The highest BCUT2D eigenvalue weighted by atomic mass is 17.2. The topological polar surface area (TPSA) is 80.3 Å². The fourth-order valence-electron chi connectivity index (χ4n) is 0.641. The molecule has 0 fully saturated rings. The van der Waals surface area contributed by atoms with Crippen LogP contribution in [0.3, 0.4) is 0 Å². The maximum Gasteiger partial charge on any atom is 0.510 e. The summed E-state index contributed by atoms with van der Waals surface area (Å²) in [5.41, 5.74) is -0.494. The summed E-state index contributed by atoms with van der Waals surface area (Å²) in [6, 6.07) is 0. The minimum absolute atomic E-state index is 0.0701. The predicted molar refractivity (Wildman–Crippen MR) is 60.4 cm³/mol. The van der Waals surface area contributed by atoms with E-state index in [1.165, 1.54) is 0 Å². The highest BCUT2D eigenvalue weighted by Gasteiger charge is 2.12. The van der Waals surface area contributed by atoms with Crippen LogP contribution >= 0.6 is 0 Å². The average molecular weight is 262 g/mol. The highest BCUT2D eigenvalue weighted by molar-refractivity contribution is 5.81. The molecule has 7 nitrogen and oxygen atoms in total. The lowest BCUT2D eigenvalue weighted by molar-refractivity contribution is -0.375. The van der Waals surface area contributed by atoms with Crippen molar-refractivity contribution >= 4 is 12.1 Å². The van der Waals surface area contributed by atoms with Crippen LogP contribution in [0.25, 0.3) is 0 Å². The molecule has 0 aliphatic carbocycles. The van der Waals surface area contributed by atoms with Gasteiger partial charge in [-0.3, -0.25) is 0 Å². The molecule has 0 N–H and O–H groups in total. The first-order valence-electron chi connectivity index (χ1n) is 5.24. The molecule has 0 saturated heterocycles. The summed E-state index contributed by atoms with van der Waals surface area (Å²) in [6.45, 7) is 7.97. The van der Waals surface area contributed by atoms with Crippen LogP contribution in [0.1, 0.15) is 20.8 Å². The summed E-state index contributed by atoms with van der Waals surface area (Å²) in [5.74, 6) is -0.589. The zero-order valence-electron chi connectivity index (χ0n) is 10.8. The Morgan fingerprint density at radius 2 is 1.72 bits per heavy atom. The van der Waals surface area contributed by atoms with Crippen LogP contribution in [0.5, 0.6) is 0 Å². The molecule has 0 atom stereocenters. The fourth-order valence-corrected chi connectivity index (χ4v) is 0.641. The van der Waals surface area contributed by atoms with Crippen molar-refractivity contribution in [2.75, 3.05) is 20.0 Å². The lowest BCUT2D eigenvalue weighted by Gasteiger charge is -2.16. The quantitative estimate of drug-likeness (QED) is 0.172. The van der Waals surface area contributed by atoms with Crippen LogP contribution in [-0.2, 0) is 28.8 Å². The number of hydrogen-bond acceptors (Lipinski definition) is 7. The van der Waals surface area contributed by atoms with Crippen LogP contribution in [0.2, 0.25) is 0 Å². The van der Waals surface area contributed by atoms with Gasteiger partial charge in [-0.25, -0.2) is 14.5 Å². The Morgan fingerprint density at radius 1 is 1.11 bits per heavy atom. The van der Waals surface area contributed by atoms with E-state index in [-0.39, 0.29) is 20.0 Å². The second-order valence-electron chi connectivity index (χ2n) is 4.05. The van der Waals surface area contributed by atoms with Crippen molar-refractivity contribution in [2.24, 2.45) is 0 Å². The molecule has 0 aromatic rings. The number of ether oxygens (including phenoxy) is 3. The summed E-state index contributed by atoms with van der Waals surface area (Å²) < 4.78 is 13.6. The van der Waals surface area contributed by atoms with E-state index >= 15 is 0 Å². The zero-order chi connectivity index (χ0) is 14.0. The highest BCUT2D eigenvalue weighted by Crippen LogP contribution is 2.06. The summed E-state index contributed by atoms with van der Waals surface area (Å²) in [4.78, 5) is 31.0. The molecule has 0 aromatic heterocycles.